The third-order valence-electron chi connectivity index (χ3n) is 2.38. The fourth-order valence-corrected chi connectivity index (χ4v) is 1.68. The third kappa shape index (κ3) is 3.93. The van der Waals surface area contributed by atoms with Crippen molar-refractivity contribution in [3.05, 3.63) is 0 Å². The van der Waals surface area contributed by atoms with Gasteiger partial charge in [-0.25, -0.2) is 0 Å². The molecular formula is C8H17ClN2O. The van der Waals surface area contributed by atoms with Crippen LogP contribution in [0.25, 0.3) is 0 Å². The van der Waals surface area contributed by atoms with Crippen LogP contribution in [0.2, 0.25) is 0 Å². The number of carbonyl (C=O) groups is 1. The Morgan fingerprint density at radius 1 is 1.25 bits per heavy atom. The lowest BCUT2D eigenvalue weighted by atomic mass is 9.84. The Labute approximate surface area is 79.3 Å². The summed E-state index contributed by atoms with van der Waals surface area (Å²) in [4.78, 5) is 10.5. The molecule has 0 unspecified atom stereocenters. The Balaban J connectivity index is 0.00000121. The van der Waals surface area contributed by atoms with Gasteiger partial charge in [0.15, 0.2) is 0 Å². The van der Waals surface area contributed by atoms with Crippen LogP contribution in [-0.4, -0.2) is 11.9 Å². The van der Waals surface area contributed by atoms with Crippen LogP contribution < -0.4 is 11.5 Å². The largest absolute Gasteiger partial charge is 0.370 e. The highest BCUT2D eigenvalue weighted by molar-refractivity contribution is 5.85. The number of rotatable bonds is 2. The van der Waals surface area contributed by atoms with E-state index in [4.69, 9.17) is 11.5 Å². The maximum absolute atomic E-state index is 10.5. The Hall–Kier alpha value is -0.280. The minimum Gasteiger partial charge on any atom is -0.370 e. The second-order valence-corrected chi connectivity index (χ2v) is 3.45. The Bertz CT molecular complexity index is 144. The van der Waals surface area contributed by atoms with Crippen LogP contribution >= 0.6 is 12.4 Å². The van der Waals surface area contributed by atoms with E-state index in [1.165, 1.54) is 0 Å². The second-order valence-electron chi connectivity index (χ2n) is 3.45. The van der Waals surface area contributed by atoms with Gasteiger partial charge in [0.2, 0.25) is 5.91 Å². The first-order valence-corrected chi connectivity index (χ1v) is 4.22. The number of hydrogen-bond donors (Lipinski definition) is 2. The molecule has 0 radical (unpaired) electrons. The van der Waals surface area contributed by atoms with Crippen LogP contribution in [-0.2, 0) is 4.79 Å². The van der Waals surface area contributed by atoms with Gasteiger partial charge in [-0.05, 0) is 31.6 Å². The van der Waals surface area contributed by atoms with Gasteiger partial charge in [0.25, 0.3) is 0 Å². The van der Waals surface area contributed by atoms with E-state index in [-0.39, 0.29) is 18.3 Å². The lowest BCUT2D eigenvalue weighted by Gasteiger charge is -2.24. The first-order valence-electron chi connectivity index (χ1n) is 4.22. The van der Waals surface area contributed by atoms with Gasteiger partial charge in [-0.2, -0.15) is 0 Å². The Morgan fingerprint density at radius 2 is 1.75 bits per heavy atom. The van der Waals surface area contributed by atoms with Crippen molar-refractivity contribution in [1.29, 1.82) is 0 Å². The fraction of sp³-hybridized carbons (Fsp3) is 0.875. The normalized spacial score (nSPS) is 29.1. The van der Waals surface area contributed by atoms with Crippen molar-refractivity contribution in [3.8, 4) is 0 Å². The van der Waals surface area contributed by atoms with Crippen molar-refractivity contribution >= 4 is 18.3 Å². The van der Waals surface area contributed by atoms with Gasteiger partial charge >= 0.3 is 0 Å². The highest BCUT2D eigenvalue weighted by Gasteiger charge is 2.19. The first kappa shape index (κ1) is 11.7. The maximum atomic E-state index is 10.5. The summed E-state index contributed by atoms with van der Waals surface area (Å²) in [6.45, 7) is 0. The predicted molar refractivity (Wildman–Crippen MR) is 51.0 cm³/mol. The summed E-state index contributed by atoms with van der Waals surface area (Å²) in [6, 6.07) is 0.360. The van der Waals surface area contributed by atoms with Crippen molar-refractivity contribution in [1.82, 2.24) is 0 Å². The minimum atomic E-state index is -0.175. The molecule has 3 nitrogen and oxygen atoms in total. The molecule has 0 aliphatic heterocycles. The average Bonchev–Trinajstić information content (AvgIpc) is 1.93. The highest BCUT2D eigenvalue weighted by Crippen LogP contribution is 2.25. The molecule has 0 atom stereocenters. The monoisotopic (exact) mass is 192 g/mol. The lowest BCUT2D eigenvalue weighted by molar-refractivity contribution is -0.119. The van der Waals surface area contributed by atoms with E-state index in [0.717, 1.165) is 25.7 Å². The van der Waals surface area contributed by atoms with Crippen molar-refractivity contribution < 1.29 is 4.79 Å². The molecule has 0 aromatic heterocycles. The number of nitrogens with two attached hydrogens (primary N) is 2. The lowest BCUT2D eigenvalue weighted by Crippen LogP contribution is -2.28. The van der Waals surface area contributed by atoms with Crippen LogP contribution in [0.3, 0.4) is 0 Å². The van der Waals surface area contributed by atoms with Crippen LogP contribution in [0.4, 0.5) is 0 Å². The Morgan fingerprint density at radius 3 is 2.17 bits per heavy atom. The van der Waals surface area contributed by atoms with Crippen LogP contribution in [0.15, 0.2) is 0 Å². The second kappa shape index (κ2) is 5.38. The number of hydrogen-bond acceptors (Lipinski definition) is 2. The number of carbonyl (C=O) groups excluding carboxylic acids is 1. The fourth-order valence-electron chi connectivity index (χ4n) is 1.68. The number of amides is 1. The molecule has 1 saturated carbocycles. The Kier molecular flexibility index (Phi) is 5.25. The number of halogens is 1. The zero-order chi connectivity index (χ0) is 8.27. The van der Waals surface area contributed by atoms with Crippen molar-refractivity contribution in [3.63, 3.8) is 0 Å². The minimum absolute atomic E-state index is 0. The molecule has 1 fully saturated rings. The smallest absolute Gasteiger partial charge is 0.217 e. The molecule has 1 aliphatic carbocycles. The van der Waals surface area contributed by atoms with Gasteiger partial charge in [-0.15, -0.1) is 12.4 Å². The maximum Gasteiger partial charge on any atom is 0.217 e. The molecule has 72 valence electrons. The molecule has 0 spiro atoms. The molecule has 0 aromatic rings. The standard InChI is InChI=1S/C8H16N2O.ClH/c9-7-3-1-6(2-4-7)5-8(10)11;/h6-7H,1-5,9H2,(H2,10,11);1H. The molecule has 1 aliphatic rings. The van der Waals surface area contributed by atoms with Crippen molar-refractivity contribution in [2.75, 3.05) is 0 Å². The van der Waals surface area contributed by atoms with Crippen LogP contribution in [0.5, 0.6) is 0 Å². The van der Waals surface area contributed by atoms with E-state index >= 15 is 0 Å². The summed E-state index contributed by atoms with van der Waals surface area (Å²) in [5, 5.41) is 0. The number of primary amides is 1. The topological polar surface area (TPSA) is 69.1 Å². The van der Waals surface area contributed by atoms with Crippen molar-refractivity contribution in [2.45, 2.75) is 38.1 Å². The molecule has 1 rings (SSSR count). The summed E-state index contributed by atoms with van der Waals surface area (Å²) in [7, 11) is 0. The van der Waals surface area contributed by atoms with E-state index in [1.807, 2.05) is 0 Å². The first-order chi connectivity index (χ1) is 5.18. The molecule has 0 bridgehead atoms. The van der Waals surface area contributed by atoms with E-state index in [0.29, 0.717) is 18.4 Å². The molecule has 12 heavy (non-hydrogen) atoms. The molecular weight excluding hydrogens is 176 g/mol. The SMILES string of the molecule is Cl.NC(=O)CC1CCC(N)CC1. The molecule has 1 amide bonds. The predicted octanol–water partition coefficient (Wildman–Crippen LogP) is 0.801. The average molecular weight is 193 g/mol. The molecule has 0 saturated heterocycles. The van der Waals surface area contributed by atoms with Gasteiger partial charge in [0, 0.05) is 12.5 Å². The van der Waals surface area contributed by atoms with Gasteiger partial charge in [0.1, 0.15) is 0 Å². The molecule has 0 heterocycles. The van der Waals surface area contributed by atoms with Gasteiger partial charge < -0.3 is 11.5 Å². The van der Waals surface area contributed by atoms with Crippen molar-refractivity contribution in [2.24, 2.45) is 17.4 Å². The van der Waals surface area contributed by atoms with E-state index in [9.17, 15) is 4.79 Å². The van der Waals surface area contributed by atoms with Gasteiger partial charge in [-0.3, -0.25) is 4.79 Å². The zero-order valence-electron chi connectivity index (χ0n) is 7.16. The highest BCUT2D eigenvalue weighted by atomic mass is 35.5. The summed E-state index contributed by atoms with van der Waals surface area (Å²) < 4.78 is 0. The van der Waals surface area contributed by atoms with E-state index in [2.05, 4.69) is 0 Å². The summed E-state index contributed by atoms with van der Waals surface area (Å²) >= 11 is 0. The van der Waals surface area contributed by atoms with E-state index in [1.54, 1.807) is 0 Å². The quantitative estimate of drug-likeness (QED) is 0.680. The molecule has 4 heteroatoms. The molecule has 4 N–H and O–H groups in total. The zero-order valence-corrected chi connectivity index (χ0v) is 7.98. The molecule has 0 aromatic carbocycles. The summed E-state index contributed by atoms with van der Waals surface area (Å²) in [5.74, 6) is 0.331. The third-order valence-corrected chi connectivity index (χ3v) is 2.38. The summed E-state index contributed by atoms with van der Waals surface area (Å²) in [6.07, 6.45) is 4.80. The van der Waals surface area contributed by atoms with Crippen LogP contribution in [0, 0.1) is 5.92 Å². The van der Waals surface area contributed by atoms with Gasteiger partial charge in [0.05, 0.1) is 0 Å². The summed E-state index contributed by atoms with van der Waals surface area (Å²) in [5.41, 5.74) is 10.8. The van der Waals surface area contributed by atoms with Gasteiger partial charge in [-0.1, -0.05) is 0 Å². The van der Waals surface area contributed by atoms with E-state index < -0.39 is 0 Å². The van der Waals surface area contributed by atoms with Crippen LogP contribution in [0.1, 0.15) is 32.1 Å².